The number of nitrogens with two attached hydrogens (primary N) is 1. The Kier molecular flexibility index (Phi) is 3.29. The molecule has 0 radical (unpaired) electrons. The maximum Gasteiger partial charge on any atom is 0.239 e. The predicted octanol–water partition coefficient (Wildman–Crippen LogP) is 1.37. The minimum Gasteiger partial charge on any atom is -0.341 e. The standard InChI is InChI=1S/C12H22N2O/c1-2-11(13)12(15)14(7-9-3-4-9)8-10-5-6-10/h9-11H,2-8,13H2,1H3/t11-/m0/s1. The van der Waals surface area contributed by atoms with E-state index in [-0.39, 0.29) is 11.9 Å². The molecule has 2 saturated carbocycles. The lowest BCUT2D eigenvalue weighted by molar-refractivity contribution is -0.133. The van der Waals surface area contributed by atoms with Crippen molar-refractivity contribution in [1.29, 1.82) is 0 Å². The highest BCUT2D eigenvalue weighted by Gasteiger charge is 2.32. The van der Waals surface area contributed by atoms with Crippen molar-refractivity contribution in [2.45, 2.75) is 45.1 Å². The van der Waals surface area contributed by atoms with Gasteiger partial charge in [0.25, 0.3) is 0 Å². The van der Waals surface area contributed by atoms with E-state index in [0.29, 0.717) is 0 Å². The van der Waals surface area contributed by atoms with E-state index in [1.807, 2.05) is 11.8 Å². The van der Waals surface area contributed by atoms with Crippen molar-refractivity contribution < 1.29 is 4.79 Å². The minimum absolute atomic E-state index is 0.177. The van der Waals surface area contributed by atoms with Crippen molar-refractivity contribution in [3.63, 3.8) is 0 Å². The molecule has 0 unspecified atom stereocenters. The summed E-state index contributed by atoms with van der Waals surface area (Å²) in [6, 6.07) is -0.275. The molecular weight excluding hydrogens is 188 g/mol. The van der Waals surface area contributed by atoms with Gasteiger partial charge in [0, 0.05) is 13.1 Å². The molecule has 1 amide bonds. The first kappa shape index (κ1) is 10.9. The summed E-state index contributed by atoms with van der Waals surface area (Å²) in [7, 11) is 0. The highest BCUT2D eigenvalue weighted by molar-refractivity contribution is 5.81. The number of carbonyl (C=O) groups is 1. The van der Waals surface area contributed by atoms with Gasteiger partial charge in [0.2, 0.25) is 5.91 Å². The van der Waals surface area contributed by atoms with Crippen LogP contribution in [0.4, 0.5) is 0 Å². The second-order valence-corrected chi connectivity index (χ2v) is 5.14. The molecule has 2 N–H and O–H groups in total. The zero-order valence-electron chi connectivity index (χ0n) is 9.61. The fourth-order valence-corrected chi connectivity index (χ4v) is 1.89. The summed E-state index contributed by atoms with van der Waals surface area (Å²) in [5.74, 6) is 1.73. The summed E-state index contributed by atoms with van der Waals surface area (Å²) in [6.07, 6.45) is 5.96. The molecule has 86 valence electrons. The van der Waals surface area contributed by atoms with Gasteiger partial charge in [-0.25, -0.2) is 0 Å². The molecule has 0 spiro atoms. The van der Waals surface area contributed by atoms with Crippen LogP contribution in [0.5, 0.6) is 0 Å². The van der Waals surface area contributed by atoms with Gasteiger partial charge in [0.15, 0.2) is 0 Å². The van der Waals surface area contributed by atoms with E-state index in [4.69, 9.17) is 5.73 Å². The molecule has 0 aromatic rings. The van der Waals surface area contributed by atoms with Gasteiger partial charge in [0.1, 0.15) is 0 Å². The summed E-state index contributed by atoms with van der Waals surface area (Å²) >= 11 is 0. The molecule has 1 atom stereocenters. The quantitative estimate of drug-likeness (QED) is 0.719. The Morgan fingerprint density at radius 1 is 1.27 bits per heavy atom. The minimum atomic E-state index is -0.275. The van der Waals surface area contributed by atoms with Gasteiger partial charge in [-0.15, -0.1) is 0 Å². The van der Waals surface area contributed by atoms with Gasteiger partial charge in [-0.2, -0.15) is 0 Å². The summed E-state index contributed by atoms with van der Waals surface area (Å²) in [5.41, 5.74) is 5.82. The van der Waals surface area contributed by atoms with Gasteiger partial charge >= 0.3 is 0 Å². The second kappa shape index (κ2) is 4.52. The van der Waals surface area contributed by atoms with Crippen LogP contribution in [0.2, 0.25) is 0 Å². The Morgan fingerprint density at radius 3 is 2.07 bits per heavy atom. The fraction of sp³-hybridized carbons (Fsp3) is 0.917. The van der Waals surface area contributed by atoms with Crippen molar-refractivity contribution in [2.24, 2.45) is 17.6 Å². The largest absolute Gasteiger partial charge is 0.341 e. The molecule has 0 aromatic carbocycles. The molecule has 15 heavy (non-hydrogen) atoms. The number of amides is 1. The van der Waals surface area contributed by atoms with E-state index < -0.39 is 0 Å². The third-order valence-electron chi connectivity index (χ3n) is 3.42. The van der Waals surface area contributed by atoms with Crippen LogP contribution in [-0.2, 0) is 4.79 Å². The molecule has 0 heterocycles. The maximum absolute atomic E-state index is 12.0. The van der Waals surface area contributed by atoms with Crippen LogP contribution in [0, 0.1) is 11.8 Å². The van der Waals surface area contributed by atoms with Gasteiger partial charge in [-0.1, -0.05) is 6.92 Å². The van der Waals surface area contributed by atoms with Crippen molar-refractivity contribution >= 4 is 5.91 Å². The Bertz CT molecular complexity index is 220. The van der Waals surface area contributed by atoms with Gasteiger partial charge in [0.05, 0.1) is 6.04 Å². The first-order valence-electron chi connectivity index (χ1n) is 6.25. The highest BCUT2D eigenvalue weighted by Crippen LogP contribution is 2.33. The van der Waals surface area contributed by atoms with Crippen LogP contribution in [0.15, 0.2) is 0 Å². The first-order chi connectivity index (χ1) is 7.20. The number of hydrogen-bond acceptors (Lipinski definition) is 2. The predicted molar refractivity (Wildman–Crippen MR) is 60.3 cm³/mol. The first-order valence-corrected chi connectivity index (χ1v) is 6.25. The Hall–Kier alpha value is -0.570. The normalized spacial score (nSPS) is 22.5. The topological polar surface area (TPSA) is 46.3 Å². The molecule has 2 fully saturated rings. The molecule has 2 rings (SSSR count). The Morgan fingerprint density at radius 2 is 1.73 bits per heavy atom. The molecule has 0 saturated heterocycles. The van der Waals surface area contributed by atoms with Gasteiger partial charge < -0.3 is 10.6 Å². The lowest BCUT2D eigenvalue weighted by atomic mass is 10.2. The summed E-state index contributed by atoms with van der Waals surface area (Å²) in [4.78, 5) is 14.0. The monoisotopic (exact) mass is 210 g/mol. The number of rotatable bonds is 6. The summed E-state index contributed by atoms with van der Waals surface area (Å²) in [5, 5.41) is 0. The zero-order chi connectivity index (χ0) is 10.8. The summed E-state index contributed by atoms with van der Waals surface area (Å²) in [6.45, 7) is 3.90. The van der Waals surface area contributed by atoms with Crippen LogP contribution in [0.1, 0.15) is 39.0 Å². The second-order valence-electron chi connectivity index (χ2n) is 5.14. The zero-order valence-corrected chi connectivity index (χ0v) is 9.61. The average Bonchev–Trinajstić information content (AvgIpc) is 3.08. The molecule has 0 aromatic heterocycles. The number of hydrogen-bond donors (Lipinski definition) is 1. The fourth-order valence-electron chi connectivity index (χ4n) is 1.89. The van der Waals surface area contributed by atoms with Crippen LogP contribution in [0.3, 0.4) is 0 Å². The van der Waals surface area contributed by atoms with Crippen LogP contribution >= 0.6 is 0 Å². The highest BCUT2D eigenvalue weighted by atomic mass is 16.2. The molecule has 2 aliphatic carbocycles. The van der Waals surface area contributed by atoms with Crippen molar-refractivity contribution in [2.75, 3.05) is 13.1 Å². The van der Waals surface area contributed by atoms with Crippen molar-refractivity contribution in [1.82, 2.24) is 4.90 Å². The molecular formula is C12H22N2O. The number of carbonyl (C=O) groups excluding carboxylic acids is 1. The van der Waals surface area contributed by atoms with E-state index in [9.17, 15) is 4.79 Å². The molecule has 3 nitrogen and oxygen atoms in total. The van der Waals surface area contributed by atoms with Crippen molar-refractivity contribution in [3.8, 4) is 0 Å². The lowest BCUT2D eigenvalue weighted by Gasteiger charge is -2.25. The van der Waals surface area contributed by atoms with Crippen LogP contribution < -0.4 is 5.73 Å². The van der Waals surface area contributed by atoms with E-state index in [2.05, 4.69) is 0 Å². The smallest absolute Gasteiger partial charge is 0.239 e. The molecule has 0 aliphatic heterocycles. The van der Waals surface area contributed by atoms with Crippen LogP contribution in [-0.4, -0.2) is 29.9 Å². The van der Waals surface area contributed by atoms with Gasteiger partial charge in [-0.05, 0) is 43.9 Å². The molecule has 3 heteroatoms. The SMILES string of the molecule is CC[C@H](N)C(=O)N(CC1CC1)CC1CC1. The average molecular weight is 210 g/mol. The number of nitrogens with zero attached hydrogens (tertiary/aromatic N) is 1. The van der Waals surface area contributed by atoms with E-state index >= 15 is 0 Å². The Labute approximate surface area is 92.0 Å². The third-order valence-corrected chi connectivity index (χ3v) is 3.42. The third kappa shape index (κ3) is 3.20. The van der Waals surface area contributed by atoms with E-state index in [1.165, 1.54) is 25.7 Å². The van der Waals surface area contributed by atoms with E-state index in [1.54, 1.807) is 0 Å². The summed E-state index contributed by atoms with van der Waals surface area (Å²) < 4.78 is 0. The van der Waals surface area contributed by atoms with E-state index in [0.717, 1.165) is 31.3 Å². The van der Waals surface area contributed by atoms with Gasteiger partial charge in [-0.3, -0.25) is 4.79 Å². The van der Waals surface area contributed by atoms with Crippen molar-refractivity contribution in [3.05, 3.63) is 0 Å². The maximum atomic E-state index is 12.0. The Balaban J connectivity index is 1.86. The van der Waals surface area contributed by atoms with Crippen LogP contribution in [0.25, 0.3) is 0 Å². The molecule has 0 bridgehead atoms. The lowest BCUT2D eigenvalue weighted by Crippen LogP contribution is -2.45. The molecule has 2 aliphatic rings.